The molecule has 1 unspecified atom stereocenters. The molecule has 14 heavy (non-hydrogen) atoms. The lowest BCUT2D eigenvalue weighted by molar-refractivity contribution is -0.392. The summed E-state index contributed by atoms with van der Waals surface area (Å²) in [6.45, 7) is 0.530. The zero-order valence-electron chi connectivity index (χ0n) is 7.84. The summed E-state index contributed by atoms with van der Waals surface area (Å²) < 4.78 is 6.80. The van der Waals surface area contributed by atoms with E-state index in [1.807, 2.05) is 0 Å². The van der Waals surface area contributed by atoms with Gasteiger partial charge in [-0.15, -0.1) is 0 Å². The summed E-state index contributed by atoms with van der Waals surface area (Å²) >= 11 is 0. The number of hydrogen-bond donors (Lipinski definition) is 0. The minimum Gasteiger partial charge on any atom is -0.377 e. The van der Waals surface area contributed by atoms with Gasteiger partial charge in [0.25, 0.3) is 0 Å². The van der Waals surface area contributed by atoms with Gasteiger partial charge in [0.15, 0.2) is 5.82 Å². The highest BCUT2D eigenvalue weighted by atomic mass is 16.6. The van der Waals surface area contributed by atoms with E-state index < -0.39 is 4.92 Å². The molecule has 1 aromatic heterocycles. The van der Waals surface area contributed by atoms with Gasteiger partial charge in [0.2, 0.25) is 0 Å². The average Bonchev–Trinajstić information content (AvgIpc) is 2.59. The summed E-state index contributed by atoms with van der Waals surface area (Å²) in [6.07, 6.45) is 3.00. The van der Waals surface area contributed by atoms with Crippen LogP contribution in [0.15, 0.2) is 6.20 Å². The first-order valence-corrected chi connectivity index (χ1v) is 4.44. The van der Waals surface area contributed by atoms with Crippen molar-refractivity contribution >= 4 is 5.82 Å². The van der Waals surface area contributed by atoms with Crippen LogP contribution in [0.1, 0.15) is 12.2 Å². The lowest BCUT2D eigenvalue weighted by Gasteiger charge is -2.18. The Hall–Kier alpha value is -1.43. The van der Waals surface area contributed by atoms with Crippen LogP contribution in [0.3, 0.4) is 0 Å². The zero-order valence-corrected chi connectivity index (χ0v) is 7.84. The molecule has 76 valence electrons. The number of nitrogens with zero attached hydrogens (tertiary/aromatic N) is 3. The van der Waals surface area contributed by atoms with Crippen molar-refractivity contribution in [2.45, 2.75) is 25.5 Å². The first-order chi connectivity index (χ1) is 6.72. The molecule has 0 N–H and O–H groups in total. The second-order valence-electron chi connectivity index (χ2n) is 3.30. The third kappa shape index (κ3) is 1.37. The number of hydrogen-bond acceptors (Lipinski definition) is 4. The highest BCUT2D eigenvalue weighted by molar-refractivity contribution is 5.20. The molecule has 1 aliphatic rings. The molecule has 0 fully saturated rings. The maximum Gasteiger partial charge on any atom is 0.342 e. The average molecular weight is 197 g/mol. The fourth-order valence-corrected chi connectivity index (χ4v) is 1.73. The van der Waals surface area contributed by atoms with Crippen LogP contribution < -0.4 is 0 Å². The summed E-state index contributed by atoms with van der Waals surface area (Å²) in [5.74, 6) is 0.840. The number of aryl methyl sites for hydroxylation is 1. The van der Waals surface area contributed by atoms with Crippen LogP contribution in [-0.2, 0) is 17.7 Å². The van der Waals surface area contributed by atoms with Crippen LogP contribution in [0.5, 0.6) is 0 Å². The van der Waals surface area contributed by atoms with Gasteiger partial charge in [-0.05, 0) is 11.3 Å². The number of nitro groups is 1. The van der Waals surface area contributed by atoms with Gasteiger partial charge in [0, 0.05) is 13.5 Å². The van der Waals surface area contributed by atoms with Gasteiger partial charge in [0.1, 0.15) is 12.7 Å². The predicted octanol–water partition coefficient (Wildman–Crippen LogP) is 0.752. The van der Waals surface area contributed by atoms with Crippen molar-refractivity contribution in [2.24, 2.45) is 0 Å². The molecule has 2 heterocycles. The van der Waals surface area contributed by atoms with Gasteiger partial charge in [-0.25, -0.2) is 9.55 Å². The molecule has 1 aliphatic heterocycles. The number of methoxy groups -OCH3 is 1. The molecule has 1 aromatic rings. The Morgan fingerprint density at radius 2 is 2.57 bits per heavy atom. The lowest BCUT2D eigenvalue weighted by Crippen LogP contribution is -2.26. The quantitative estimate of drug-likeness (QED) is 0.518. The van der Waals surface area contributed by atoms with E-state index in [4.69, 9.17) is 4.74 Å². The van der Waals surface area contributed by atoms with Crippen molar-refractivity contribution < 1.29 is 9.66 Å². The van der Waals surface area contributed by atoms with E-state index in [0.29, 0.717) is 6.54 Å². The summed E-state index contributed by atoms with van der Waals surface area (Å²) in [4.78, 5) is 14.2. The van der Waals surface area contributed by atoms with Gasteiger partial charge in [0.05, 0.1) is 6.10 Å². The molecule has 0 bridgehead atoms. The Balaban J connectivity index is 2.32. The van der Waals surface area contributed by atoms with Crippen LogP contribution in [0, 0.1) is 10.1 Å². The molecule has 0 spiro atoms. The third-order valence-corrected chi connectivity index (χ3v) is 2.51. The van der Waals surface area contributed by atoms with Gasteiger partial charge >= 0.3 is 5.82 Å². The van der Waals surface area contributed by atoms with E-state index in [1.165, 1.54) is 6.20 Å². The van der Waals surface area contributed by atoms with Crippen LogP contribution in [0.4, 0.5) is 5.82 Å². The summed E-state index contributed by atoms with van der Waals surface area (Å²) in [5.41, 5.74) is 0. The molecule has 1 atom stereocenters. The van der Waals surface area contributed by atoms with Crippen LogP contribution in [0.2, 0.25) is 0 Å². The number of aromatic nitrogens is 2. The summed E-state index contributed by atoms with van der Waals surface area (Å²) in [6, 6.07) is 0. The Morgan fingerprint density at radius 1 is 1.79 bits per heavy atom. The monoisotopic (exact) mass is 197 g/mol. The van der Waals surface area contributed by atoms with Crippen molar-refractivity contribution in [3.63, 3.8) is 0 Å². The van der Waals surface area contributed by atoms with Crippen LogP contribution >= 0.6 is 0 Å². The maximum atomic E-state index is 10.6. The topological polar surface area (TPSA) is 70.2 Å². The maximum absolute atomic E-state index is 10.6. The first-order valence-electron chi connectivity index (χ1n) is 4.44. The van der Waals surface area contributed by atoms with Gasteiger partial charge in [-0.1, -0.05) is 0 Å². The third-order valence-electron chi connectivity index (χ3n) is 2.51. The van der Waals surface area contributed by atoms with E-state index in [1.54, 1.807) is 11.7 Å². The van der Waals surface area contributed by atoms with Crippen molar-refractivity contribution in [3.05, 3.63) is 22.1 Å². The van der Waals surface area contributed by atoms with E-state index >= 15 is 0 Å². The largest absolute Gasteiger partial charge is 0.377 e. The molecule has 6 nitrogen and oxygen atoms in total. The van der Waals surface area contributed by atoms with Crippen molar-refractivity contribution in [1.29, 1.82) is 0 Å². The Bertz CT molecular complexity index is 361. The lowest BCUT2D eigenvalue weighted by atomic mass is 10.1. The number of rotatable bonds is 2. The smallest absolute Gasteiger partial charge is 0.342 e. The van der Waals surface area contributed by atoms with Gasteiger partial charge < -0.3 is 14.9 Å². The van der Waals surface area contributed by atoms with E-state index in [9.17, 15) is 10.1 Å². The molecule has 0 aliphatic carbocycles. The Labute approximate surface area is 80.7 Å². The number of imidazole rings is 1. The molecule has 0 saturated carbocycles. The second-order valence-corrected chi connectivity index (χ2v) is 3.30. The second kappa shape index (κ2) is 3.38. The molecular weight excluding hydrogens is 186 g/mol. The summed E-state index contributed by atoms with van der Waals surface area (Å²) in [7, 11) is 1.62. The molecular formula is C8H11N3O3. The van der Waals surface area contributed by atoms with Crippen molar-refractivity contribution in [1.82, 2.24) is 9.55 Å². The normalized spacial score (nSPS) is 20.5. The molecule has 0 saturated heterocycles. The summed E-state index contributed by atoms with van der Waals surface area (Å²) in [5, 5.41) is 10.6. The van der Waals surface area contributed by atoms with E-state index in [2.05, 4.69) is 4.98 Å². The molecule has 0 radical (unpaired) electrons. The highest BCUT2D eigenvalue weighted by Gasteiger charge is 2.28. The fourth-order valence-electron chi connectivity index (χ4n) is 1.73. The standard InChI is InChI=1S/C8H11N3O3/c1-14-6-2-3-7-9-4-8(11(12)13)10(7)5-6/h4,6H,2-3,5H2,1H3. The minimum atomic E-state index is -0.408. The van der Waals surface area contributed by atoms with E-state index in [-0.39, 0.29) is 11.9 Å². The predicted molar refractivity (Wildman–Crippen MR) is 48.0 cm³/mol. The Morgan fingerprint density at radius 3 is 3.21 bits per heavy atom. The van der Waals surface area contributed by atoms with Gasteiger partial charge in [-0.3, -0.25) is 0 Å². The van der Waals surface area contributed by atoms with Gasteiger partial charge in [-0.2, -0.15) is 0 Å². The Kier molecular flexibility index (Phi) is 2.20. The first kappa shape index (κ1) is 9.14. The highest BCUT2D eigenvalue weighted by Crippen LogP contribution is 2.22. The van der Waals surface area contributed by atoms with E-state index in [0.717, 1.165) is 18.7 Å². The van der Waals surface area contributed by atoms with Crippen molar-refractivity contribution in [2.75, 3.05) is 7.11 Å². The SMILES string of the molecule is COC1CCc2ncc([N+](=O)[O-])n2C1. The number of ether oxygens (including phenoxy) is 1. The molecule has 2 rings (SSSR count). The van der Waals surface area contributed by atoms with Crippen LogP contribution in [-0.4, -0.2) is 27.7 Å². The van der Waals surface area contributed by atoms with Crippen LogP contribution in [0.25, 0.3) is 0 Å². The zero-order chi connectivity index (χ0) is 10.1. The number of fused-ring (bicyclic) bond motifs is 1. The fraction of sp³-hybridized carbons (Fsp3) is 0.625. The molecule has 0 aromatic carbocycles. The minimum absolute atomic E-state index is 0.0572. The molecule has 6 heteroatoms. The molecule has 0 amide bonds. The van der Waals surface area contributed by atoms with Crippen molar-refractivity contribution in [3.8, 4) is 0 Å².